The smallest absolute Gasteiger partial charge is 0.310 e. The second-order valence-electron chi connectivity index (χ2n) is 4.42. The Balaban J connectivity index is 2.36. The highest BCUT2D eigenvalue weighted by atomic mass is 16.5. The van der Waals surface area contributed by atoms with Crippen molar-refractivity contribution in [1.82, 2.24) is 10.2 Å². The third-order valence-corrected chi connectivity index (χ3v) is 2.94. The zero-order valence-corrected chi connectivity index (χ0v) is 11.0. The molecule has 0 aromatic heterocycles. The molecule has 5 nitrogen and oxygen atoms in total. The van der Waals surface area contributed by atoms with Gasteiger partial charge in [0.2, 0.25) is 5.91 Å². The van der Waals surface area contributed by atoms with Gasteiger partial charge in [-0.15, -0.1) is 6.58 Å². The third kappa shape index (κ3) is 4.87. The van der Waals surface area contributed by atoms with Crippen molar-refractivity contribution in [3.8, 4) is 0 Å². The van der Waals surface area contributed by atoms with E-state index in [0.29, 0.717) is 26.2 Å². The van der Waals surface area contributed by atoms with Crippen LogP contribution in [0.3, 0.4) is 0 Å². The van der Waals surface area contributed by atoms with Crippen LogP contribution in [0.2, 0.25) is 0 Å². The van der Waals surface area contributed by atoms with Crippen LogP contribution in [-0.4, -0.2) is 49.6 Å². The van der Waals surface area contributed by atoms with Gasteiger partial charge in [-0.1, -0.05) is 6.08 Å². The molecule has 0 radical (unpaired) electrons. The Kier molecular flexibility index (Phi) is 6.43. The molecule has 5 heteroatoms. The lowest BCUT2D eigenvalue weighted by molar-refractivity contribution is -0.150. The highest BCUT2D eigenvalue weighted by Gasteiger charge is 2.27. The lowest BCUT2D eigenvalue weighted by atomic mass is 9.98. The molecule has 1 heterocycles. The second kappa shape index (κ2) is 7.87. The molecule has 1 aliphatic heterocycles. The van der Waals surface area contributed by atoms with E-state index in [-0.39, 0.29) is 17.8 Å². The second-order valence-corrected chi connectivity index (χ2v) is 4.42. The molecule has 1 N–H and O–H groups in total. The van der Waals surface area contributed by atoms with Crippen LogP contribution in [-0.2, 0) is 14.3 Å². The zero-order valence-electron chi connectivity index (χ0n) is 11.0. The van der Waals surface area contributed by atoms with Crippen LogP contribution in [0.1, 0.15) is 19.8 Å². The molecule has 1 aliphatic rings. The summed E-state index contributed by atoms with van der Waals surface area (Å²) in [5, 5.41) is 2.73. The molecule has 1 fully saturated rings. The molecular formula is C13H22N2O3. The van der Waals surface area contributed by atoms with Gasteiger partial charge in [-0.05, 0) is 26.3 Å². The maximum atomic E-state index is 11.6. The van der Waals surface area contributed by atoms with E-state index in [2.05, 4.69) is 11.9 Å². The molecule has 1 atom stereocenters. The van der Waals surface area contributed by atoms with E-state index in [0.717, 1.165) is 19.4 Å². The Morgan fingerprint density at radius 2 is 2.33 bits per heavy atom. The molecule has 0 spiro atoms. The SMILES string of the molecule is C=CCNC(=O)CN1CCC[C@H](C(=O)OCC)C1. The summed E-state index contributed by atoms with van der Waals surface area (Å²) in [6.07, 6.45) is 3.43. The zero-order chi connectivity index (χ0) is 13.4. The lowest BCUT2D eigenvalue weighted by Crippen LogP contribution is -2.44. The van der Waals surface area contributed by atoms with Crippen molar-refractivity contribution >= 4 is 11.9 Å². The van der Waals surface area contributed by atoms with Crippen molar-refractivity contribution < 1.29 is 14.3 Å². The number of esters is 1. The fourth-order valence-corrected chi connectivity index (χ4v) is 2.10. The Bertz CT molecular complexity index is 305. The van der Waals surface area contributed by atoms with Gasteiger partial charge in [0.25, 0.3) is 0 Å². The van der Waals surface area contributed by atoms with Crippen molar-refractivity contribution in [1.29, 1.82) is 0 Å². The Morgan fingerprint density at radius 1 is 1.56 bits per heavy atom. The van der Waals surface area contributed by atoms with Gasteiger partial charge in [0.15, 0.2) is 0 Å². The van der Waals surface area contributed by atoms with Crippen LogP contribution in [0.5, 0.6) is 0 Å². The van der Waals surface area contributed by atoms with Gasteiger partial charge in [-0.2, -0.15) is 0 Å². The standard InChI is InChI=1S/C13H22N2O3/c1-3-7-14-12(16)10-15-8-5-6-11(9-15)13(17)18-4-2/h3,11H,1,4-10H2,2H3,(H,14,16)/t11-/m0/s1. The predicted octanol–water partition coefficient (Wildman–Crippen LogP) is 0.564. The number of carbonyl (C=O) groups is 2. The van der Waals surface area contributed by atoms with Crippen molar-refractivity contribution in [3.05, 3.63) is 12.7 Å². The van der Waals surface area contributed by atoms with Crippen LogP contribution in [0.4, 0.5) is 0 Å². The first-order valence-corrected chi connectivity index (χ1v) is 6.44. The monoisotopic (exact) mass is 254 g/mol. The van der Waals surface area contributed by atoms with Crippen LogP contribution >= 0.6 is 0 Å². The molecule has 0 aliphatic carbocycles. The van der Waals surface area contributed by atoms with E-state index in [1.165, 1.54) is 0 Å². The molecule has 0 unspecified atom stereocenters. The van der Waals surface area contributed by atoms with Crippen molar-refractivity contribution in [3.63, 3.8) is 0 Å². The summed E-state index contributed by atoms with van der Waals surface area (Å²) < 4.78 is 5.02. The third-order valence-electron chi connectivity index (χ3n) is 2.94. The summed E-state index contributed by atoms with van der Waals surface area (Å²) in [5.41, 5.74) is 0. The Hall–Kier alpha value is -1.36. The lowest BCUT2D eigenvalue weighted by Gasteiger charge is -2.30. The van der Waals surface area contributed by atoms with Gasteiger partial charge in [-0.3, -0.25) is 14.5 Å². The molecule has 1 rings (SSSR count). The summed E-state index contributed by atoms with van der Waals surface area (Å²) in [4.78, 5) is 25.2. The summed E-state index contributed by atoms with van der Waals surface area (Å²) in [5.74, 6) is -0.265. The number of ether oxygens (including phenoxy) is 1. The van der Waals surface area contributed by atoms with Gasteiger partial charge in [0.1, 0.15) is 0 Å². The van der Waals surface area contributed by atoms with E-state index in [1.807, 2.05) is 4.90 Å². The minimum atomic E-state index is -0.145. The van der Waals surface area contributed by atoms with Crippen molar-refractivity contribution in [2.45, 2.75) is 19.8 Å². The summed E-state index contributed by atoms with van der Waals surface area (Å²) in [6, 6.07) is 0. The van der Waals surface area contributed by atoms with E-state index < -0.39 is 0 Å². The number of piperidine rings is 1. The number of nitrogens with one attached hydrogen (secondary N) is 1. The predicted molar refractivity (Wildman–Crippen MR) is 69.0 cm³/mol. The molecular weight excluding hydrogens is 232 g/mol. The van der Waals surface area contributed by atoms with Gasteiger partial charge in [0.05, 0.1) is 19.1 Å². The van der Waals surface area contributed by atoms with Crippen LogP contribution in [0.15, 0.2) is 12.7 Å². The van der Waals surface area contributed by atoms with Crippen LogP contribution in [0.25, 0.3) is 0 Å². The normalized spacial score (nSPS) is 20.2. The number of hydrogen-bond acceptors (Lipinski definition) is 4. The number of hydrogen-bond donors (Lipinski definition) is 1. The molecule has 0 saturated carbocycles. The van der Waals surface area contributed by atoms with E-state index in [9.17, 15) is 9.59 Å². The highest BCUT2D eigenvalue weighted by Crippen LogP contribution is 2.17. The fourth-order valence-electron chi connectivity index (χ4n) is 2.10. The minimum absolute atomic E-state index is 0.0283. The van der Waals surface area contributed by atoms with E-state index in [4.69, 9.17) is 4.74 Å². The van der Waals surface area contributed by atoms with E-state index in [1.54, 1.807) is 13.0 Å². The number of amides is 1. The summed E-state index contributed by atoms with van der Waals surface area (Å²) in [6.45, 7) is 8.05. The average Bonchev–Trinajstić information content (AvgIpc) is 2.37. The molecule has 18 heavy (non-hydrogen) atoms. The highest BCUT2D eigenvalue weighted by molar-refractivity contribution is 5.78. The molecule has 1 saturated heterocycles. The maximum Gasteiger partial charge on any atom is 0.310 e. The van der Waals surface area contributed by atoms with Crippen molar-refractivity contribution in [2.24, 2.45) is 5.92 Å². The first kappa shape index (κ1) is 14.7. The van der Waals surface area contributed by atoms with E-state index >= 15 is 0 Å². The number of rotatable bonds is 6. The van der Waals surface area contributed by atoms with Crippen LogP contribution < -0.4 is 5.32 Å². The topological polar surface area (TPSA) is 58.6 Å². The summed E-state index contributed by atoms with van der Waals surface area (Å²) in [7, 11) is 0. The maximum absolute atomic E-state index is 11.6. The van der Waals surface area contributed by atoms with Gasteiger partial charge in [0, 0.05) is 13.1 Å². The van der Waals surface area contributed by atoms with Gasteiger partial charge >= 0.3 is 5.97 Å². The summed E-state index contributed by atoms with van der Waals surface area (Å²) >= 11 is 0. The largest absolute Gasteiger partial charge is 0.466 e. The van der Waals surface area contributed by atoms with Crippen LogP contribution in [0, 0.1) is 5.92 Å². The number of nitrogens with zero attached hydrogens (tertiary/aromatic N) is 1. The Morgan fingerprint density at radius 3 is 3.00 bits per heavy atom. The first-order chi connectivity index (χ1) is 8.67. The molecule has 1 amide bonds. The fraction of sp³-hybridized carbons (Fsp3) is 0.692. The first-order valence-electron chi connectivity index (χ1n) is 6.44. The molecule has 0 aromatic rings. The quantitative estimate of drug-likeness (QED) is 0.556. The molecule has 0 bridgehead atoms. The molecule has 102 valence electrons. The number of carbonyl (C=O) groups excluding carboxylic acids is 2. The van der Waals surface area contributed by atoms with Gasteiger partial charge < -0.3 is 10.1 Å². The average molecular weight is 254 g/mol. The van der Waals surface area contributed by atoms with Gasteiger partial charge in [-0.25, -0.2) is 0 Å². The number of likely N-dealkylation sites (tertiary alicyclic amines) is 1. The van der Waals surface area contributed by atoms with Crippen molar-refractivity contribution in [2.75, 3.05) is 32.8 Å². The Labute approximate surface area is 108 Å². The molecule has 0 aromatic carbocycles. The minimum Gasteiger partial charge on any atom is -0.466 e.